The summed E-state index contributed by atoms with van der Waals surface area (Å²) in [5.41, 5.74) is 0. The fourth-order valence-corrected chi connectivity index (χ4v) is 2.60. The topological polar surface area (TPSA) is 20.2 Å². The van der Waals surface area contributed by atoms with Crippen LogP contribution in [0.25, 0.3) is 0 Å². The molecule has 0 bridgehead atoms. The Labute approximate surface area is 75.2 Å². The maximum atomic E-state index is 8.92. The maximum absolute atomic E-state index is 8.92. The SMILES string of the molecule is CCCCC1CC1C1CC1CO. The Morgan fingerprint density at radius 2 is 1.83 bits per heavy atom. The lowest BCUT2D eigenvalue weighted by Gasteiger charge is -1.96. The third-order valence-corrected chi connectivity index (χ3v) is 3.67. The molecular formula is C11H20O. The Morgan fingerprint density at radius 3 is 2.42 bits per heavy atom. The molecule has 12 heavy (non-hydrogen) atoms. The van der Waals surface area contributed by atoms with Gasteiger partial charge in [0.1, 0.15) is 0 Å². The highest BCUT2D eigenvalue weighted by Crippen LogP contribution is 2.59. The summed E-state index contributed by atoms with van der Waals surface area (Å²) in [7, 11) is 0. The van der Waals surface area contributed by atoms with Gasteiger partial charge in [-0.05, 0) is 36.5 Å². The third kappa shape index (κ3) is 1.66. The van der Waals surface area contributed by atoms with Crippen LogP contribution in [0.15, 0.2) is 0 Å². The first-order chi connectivity index (χ1) is 5.86. The molecule has 0 aromatic rings. The fraction of sp³-hybridized carbons (Fsp3) is 1.00. The molecule has 0 aliphatic heterocycles. The minimum absolute atomic E-state index is 0.446. The van der Waals surface area contributed by atoms with Crippen LogP contribution >= 0.6 is 0 Å². The van der Waals surface area contributed by atoms with E-state index in [9.17, 15) is 0 Å². The van der Waals surface area contributed by atoms with E-state index in [2.05, 4.69) is 6.92 Å². The average molecular weight is 168 g/mol. The van der Waals surface area contributed by atoms with Gasteiger partial charge in [0.2, 0.25) is 0 Å². The molecule has 2 rings (SSSR count). The van der Waals surface area contributed by atoms with Crippen molar-refractivity contribution in [1.82, 2.24) is 0 Å². The Balaban J connectivity index is 1.62. The molecule has 1 nitrogen and oxygen atoms in total. The number of hydrogen-bond acceptors (Lipinski definition) is 1. The van der Waals surface area contributed by atoms with E-state index >= 15 is 0 Å². The minimum atomic E-state index is 0.446. The largest absolute Gasteiger partial charge is 0.396 e. The van der Waals surface area contributed by atoms with E-state index in [1.54, 1.807) is 0 Å². The van der Waals surface area contributed by atoms with Crippen LogP contribution in [0, 0.1) is 23.7 Å². The second kappa shape index (κ2) is 3.37. The second-order valence-corrected chi connectivity index (χ2v) is 4.64. The lowest BCUT2D eigenvalue weighted by Crippen LogP contribution is -1.92. The molecule has 2 aliphatic carbocycles. The van der Waals surface area contributed by atoms with Crippen LogP contribution in [0.5, 0.6) is 0 Å². The number of aliphatic hydroxyl groups is 1. The predicted octanol–water partition coefficient (Wildman–Crippen LogP) is 2.44. The lowest BCUT2D eigenvalue weighted by atomic mass is 10.1. The second-order valence-electron chi connectivity index (χ2n) is 4.64. The number of unbranched alkanes of at least 4 members (excludes halogenated alkanes) is 1. The first-order valence-corrected chi connectivity index (χ1v) is 5.47. The molecule has 0 spiro atoms. The van der Waals surface area contributed by atoms with Crippen LogP contribution in [-0.2, 0) is 0 Å². The molecule has 0 aromatic carbocycles. The molecule has 2 saturated carbocycles. The van der Waals surface area contributed by atoms with Crippen molar-refractivity contribution >= 4 is 0 Å². The molecule has 0 amide bonds. The molecule has 2 aliphatic rings. The Hall–Kier alpha value is -0.0400. The van der Waals surface area contributed by atoms with Crippen LogP contribution in [0.2, 0.25) is 0 Å². The van der Waals surface area contributed by atoms with Gasteiger partial charge in [-0.15, -0.1) is 0 Å². The zero-order valence-corrected chi connectivity index (χ0v) is 8.00. The van der Waals surface area contributed by atoms with Gasteiger partial charge in [-0.1, -0.05) is 26.2 Å². The minimum Gasteiger partial charge on any atom is -0.396 e. The molecule has 0 radical (unpaired) electrons. The summed E-state index contributed by atoms with van der Waals surface area (Å²) in [6, 6.07) is 0. The summed E-state index contributed by atoms with van der Waals surface area (Å²) in [6.07, 6.45) is 7.01. The standard InChI is InChI=1S/C11H20O/c1-2-3-4-8-5-10(8)11-6-9(11)7-12/h8-12H,2-7H2,1H3. The predicted molar refractivity (Wildman–Crippen MR) is 49.8 cm³/mol. The lowest BCUT2D eigenvalue weighted by molar-refractivity contribution is 0.265. The quantitative estimate of drug-likeness (QED) is 0.668. The molecule has 2 fully saturated rings. The van der Waals surface area contributed by atoms with Crippen molar-refractivity contribution < 1.29 is 5.11 Å². The zero-order valence-electron chi connectivity index (χ0n) is 8.00. The normalized spacial score (nSPS) is 44.5. The van der Waals surface area contributed by atoms with Crippen molar-refractivity contribution in [1.29, 1.82) is 0 Å². The van der Waals surface area contributed by atoms with Crippen LogP contribution in [0.4, 0.5) is 0 Å². The van der Waals surface area contributed by atoms with E-state index in [4.69, 9.17) is 5.11 Å². The summed E-state index contributed by atoms with van der Waals surface area (Å²) >= 11 is 0. The molecule has 70 valence electrons. The molecule has 1 N–H and O–H groups in total. The highest BCUT2D eigenvalue weighted by Gasteiger charge is 2.52. The molecule has 0 heterocycles. The molecular weight excluding hydrogens is 148 g/mol. The molecule has 4 atom stereocenters. The van der Waals surface area contributed by atoms with Gasteiger partial charge in [0.15, 0.2) is 0 Å². The molecule has 0 aromatic heterocycles. The van der Waals surface area contributed by atoms with E-state index in [0.29, 0.717) is 12.5 Å². The van der Waals surface area contributed by atoms with Gasteiger partial charge < -0.3 is 5.11 Å². The highest BCUT2D eigenvalue weighted by atomic mass is 16.3. The van der Waals surface area contributed by atoms with Gasteiger partial charge in [0.25, 0.3) is 0 Å². The first-order valence-electron chi connectivity index (χ1n) is 5.47. The van der Waals surface area contributed by atoms with E-state index < -0.39 is 0 Å². The van der Waals surface area contributed by atoms with Gasteiger partial charge in [0.05, 0.1) is 0 Å². The Bertz CT molecular complexity index is 155. The van der Waals surface area contributed by atoms with E-state index in [1.165, 1.54) is 32.1 Å². The zero-order chi connectivity index (χ0) is 8.55. The summed E-state index contributed by atoms with van der Waals surface area (Å²) in [4.78, 5) is 0. The summed E-state index contributed by atoms with van der Waals surface area (Å²) in [5, 5.41) is 8.92. The van der Waals surface area contributed by atoms with Gasteiger partial charge in [-0.3, -0.25) is 0 Å². The van der Waals surface area contributed by atoms with Gasteiger partial charge in [-0.2, -0.15) is 0 Å². The Morgan fingerprint density at radius 1 is 1.17 bits per heavy atom. The van der Waals surface area contributed by atoms with Crippen molar-refractivity contribution in [3.05, 3.63) is 0 Å². The monoisotopic (exact) mass is 168 g/mol. The highest BCUT2D eigenvalue weighted by molar-refractivity contribution is 5.01. The first kappa shape index (κ1) is 8.55. The van der Waals surface area contributed by atoms with Gasteiger partial charge in [-0.25, -0.2) is 0 Å². The number of aliphatic hydroxyl groups excluding tert-OH is 1. The summed E-state index contributed by atoms with van der Waals surface area (Å²) in [6.45, 7) is 2.71. The molecule has 4 unspecified atom stereocenters. The number of hydrogen-bond donors (Lipinski definition) is 1. The van der Waals surface area contributed by atoms with Crippen LogP contribution in [-0.4, -0.2) is 11.7 Å². The van der Waals surface area contributed by atoms with Crippen LogP contribution < -0.4 is 0 Å². The summed E-state index contributed by atoms with van der Waals surface area (Å²) in [5.74, 6) is 3.69. The molecule has 0 saturated heterocycles. The van der Waals surface area contributed by atoms with Gasteiger partial charge >= 0.3 is 0 Å². The van der Waals surface area contributed by atoms with Crippen molar-refractivity contribution in [2.24, 2.45) is 23.7 Å². The van der Waals surface area contributed by atoms with Crippen molar-refractivity contribution in [3.63, 3.8) is 0 Å². The third-order valence-electron chi connectivity index (χ3n) is 3.67. The number of rotatable bonds is 5. The molecule has 1 heteroatoms. The Kier molecular flexibility index (Phi) is 2.40. The fourth-order valence-electron chi connectivity index (χ4n) is 2.60. The smallest absolute Gasteiger partial charge is 0.0462 e. The van der Waals surface area contributed by atoms with E-state index in [0.717, 1.165) is 17.8 Å². The van der Waals surface area contributed by atoms with Crippen molar-refractivity contribution in [2.45, 2.75) is 39.0 Å². The summed E-state index contributed by atoms with van der Waals surface area (Å²) < 4.78 is 0. The average Bonchev–Trinajstić information content (AvgIpc) is 2.94. The van der Waals surface area contributed by atoms with E-state index in [-0.39, 0.29) is 0 Å². The van der Waals surface area contributed by atoms with Crippen LogP contribution in [0.3, 0.4) is 0 Å². The maximum Gasteiger partial charge on any atom is 0.0462 e. The van der Waals surface area contributed by atoms with Crippen LogP contribution in [0.1, 0.15) is 39.0 Å². The van der Waals surface area contributed by atoms with Crippen molar-refractivity contribution in [3.8, 4) is 0 Å². The van der Waals surface area contributed by atoms with E-state index in [1.807, 2.05) is 0 Å². The van der Waals surface area contributed by atoms with Gasteiger partial charge in [0, 0.05) is 6.61 Å². The van der Waals surface area contributed by atoms with Crippen molar-refractivity contribution in [2.75, 3.05) is 6.61 Å².